The largest absolute Gasteiger partial charge is 0.536 e. The molecule has 1 aromatic heterocycles. The minimum Gasteiger partial charge on any atom is -0.373 e. The Morgan fingerprint density at radius 1 is 0.500 bits per heavy atom. The molecular formula is C33H23NO5Si. The van der Waals surface area contributed by atoms with E-state index in [9.17, 15) is 9.59 Å². The van der Waals surface area contributed by atoms with Crippen molar-refractivity contribution >= 4 is 78.6 Å². The second-order valence-electron chi connectivity index (χ2n) is 10.2. The molecule has 0 atom stereocenters. The predicted octanol–water partition coefficient (Wildman–Crippen LogP) is 5.52. The van der Waals surface area contributed by atoms with Crippen molar-refractivity contribution in [2.75, 3.05) is 21.3 Å². The smallest absolute Gasteiger partial charge is 0.373 e. The summed E-state index contributed by atoms with van der Waals surface area (Å²) in [5.41, 5.74) is -0.154. The molecule has 8 rings (SSSR count). The van der Waals surface area contributed by atoms with Crippen molar-refractivity contribution < 1.29 is 13.3 Å². The molecule has 0 aliphatic rings. The van der Waals surface area contributed by atoms with E-state index in [0.717, 1.165) is 59.0 Å². The third-order valence-corrected chi connectivity index (χ3v) is 11.2. The van der Waals surface area contributed by atoms with Gasteiger partial charge in [-0.15, -0.1) is 0 Å². The zero-order valence-electron chi connectivity index (χ0n) is 22.1. The second-order valence-corrected chi connectivity index (χ2v) is 13.1. The fourth-order valence-electron chi connectivity index (χ4n) is 6.83. The van der Waals surface area contributed by atoms with Crippen molar-refractivity contribution in [1.29, 1.82) is 0 Å². The van der Waals surface area contributed by atoms with Crippen LogP contribution in [0.1, 0.15) is 0 Å². The van der Waals surface area contributed by atoms with E-state index in [1.807, 2.05) is 12.1 Å². The van der Waals surface area contributed by atoms with Crippen LogP contribution in [0.2, 0.25) is 0 Å². The molecule has 0 saturated heterocycles. The van der Waals surface area contributed by atoms with Crippen molar-refractivity contribution in [3.05, 3.63) is 106 Å². The average Bonchev–Trinajstić information content (AvgIpc) is 3.27. The van der Waals surface area contributed by atoms with Crippen LogP contribution in [0.25, 0.3) is 70.3 Å². The highest BCUT2D eigenvalue weighted by atomic mass is 28.4. The summed E-state index contributed by atoms with van der Waals surface area (Å²) in [5.74, 6) is 0. The predicted molar refractivity (Wildman–Crippen MR) is 163 cm³/mol. The van der Waals surface area contributed by atoms with Gasteiger partial charge in [0.05, 0.1) is 16.5 Å². The summed E-state index contributed by atoms with van der Waals surface area (Å²) in [4.78, 5) is 28.3. The van der Waals surface area contributed by atoms with Gasteiger partial charge in [0.25, 0.3) is 11.1 Å². The molecule has 8 aromatic rings. The number of fused-ring (bicyclic) bond motifs is 4. The number of benzene rings is 7. The number of nitrogens with zero attached hydrogens (tertiary/aromatic N) is 1. The van der Waals surface area contributed by atoms with Gasteiger partial charge in [-0.2, -0.15) is 0 Å². The molecule has 1 heterocycles. The normalized spacial score (nSPS) is 12.9. The summed E-state index contributed by atoms with van der Waals surface area (Å²) >= 11 is 0. The molecule has 194 valence electrons. The zero-order chi connectivity index (χ0) is 27.3. The Hall–Kier alpha value is -4.40. The van der Waals surface area contributed by atoms with Gasteiger partial charge in [0.1, 0.15) is 0 Å². The Bertz CT molecular complexity index is 2230. The van der Waals surface area contributed by atoms with Crippen molar-refractivity contribution in [3.8, 4) is 5.69 Å². The number of aromatic nitrogens is 1. The van der Waals surface area contributed by atoms with E-state index < -0.39 is 8.80 Å². The lowest BCUT2D eigenvalue weighted by molar-refractivity contribution is 0.140. The highest BCUT2D eigenvalue weighted by Gasteiger charge is 2.40. The fourth-order valence-corrected chi connectivity index (χ4v) is 8.61. The highest BCUT2D eigenvalue weighted by molar-refractivity contribution is 6.75. The van der Waals surface area contributed by atoms with Crippen LogP contribution >= 0.6 is 0 Å². The van der Waals surface area contributed by atoms with E-state index in [0.29, 0.717) is 16.5 Å². The van der Waals surface area contributed by atoms with Gasteiger partial charge in [0.15, 0.2) is 0 Å². The van der Waals surface area contributed by atoms with Gasteiger partial charge in [-0.1, -0.05) is 72.8 Å². The Morgan fingerprint density at radius 2 is 0.975 bits per heavy atom. The molecule has 0 aliphatic heterocycles. The lowest BCUT2D eigenvalue weighted by atomic mass is 9.84. The van der Waals surface area contributed by atoms with E-state index in [4.69, 9.17) is 13.3 Å². The summed E-state index contributed by atoms with van der Waals surface area (Å²) in [6, 6.07) is 27.9. The third-order valence-electron chi connectivity index (χ3n) is 8.54. The van der Waals surface area contributed by atoms with E-state index in [2.05, 4.69) is 48.5 Å². The molecule has 0 unspecified atom stereocenters. The third kappa shape index (κ3) is 2.72. The Balaban J connectivity index is 1.53. The topological polar surface area (TPSA) is 66.8 Å². The van der Waals surface area contributed by atoms with Gasteiger partial charge in [-0.05, 0) is 66.0 Å². The first kappa shape index (κ1) is 23.5. The number of rotatable bonds is 5. The SMILES string of the molecule is CO[Si](OC)(OC)c1ccc(-n2c(=O)c3c4ccc5cccc6c7cccc8ccc(c3c2=O)c(c87)c4c56)cc1. The Kier molecular flexibility index (Phi) is 4.73. The summed E-state index contributed by atoms with van der Waals surface area (Å²) < 4.78 is 18.1. The molecule has 0 saturated carbocycles. The van der Waals surface area contributed by atoms with Crippen LogP contribution in [-0.2, 0) is 13.3 Å². The van der Waals surface area contributed by atoms with E-state index in [1.54, 1.807) is 45.6 Å². The number of hydrogen-bond donors (Lipinski definition) is 0. The molecular weight excluding hydrogens is 518 g/mol. The fraction of sp³-hybridized carbons (Fsp3) is 0.0909. The first-order chi connectivity index (χ1) is 19.5. The molecule has 0 radical (unpaired) electrons. The van der Waals surface area contributed by atoms with E-state index >= 15 is 0 Å². The maximum atomic E-state index is 14.2. The molecule has 6 nitrogen and oxygen atoms in total. The monoisotopic (exact) mass is 541 g/mol. The van der Waals surface area contributed by atoms with Crippen LogP contribution in [0.5, 0.6) is 0 Å². The lowest BCUT2D eigenvalue weighted by Gasteiger charge is -2.24. The standard InChI is InChI=1S/C33H23NO5Si/c1-37-40(38-2,39-3)21-14-12-20(13-15-21)34-32(35)30-24-16-10-18-6-4-8-22-23-9-5-7-19-11-17-25(31(30)33(34)36)29(27(19)23)28(24)26(18)22/h4-17H,1-3H3. The van der Waals surface area contributed by atoms with Gasteiger partial charge in [-0.25, -0.2) is 4.57 Å². The average molecular weight is 542 g/mol. The van der Waals surface area contributed by atoms with Crippen LogP contribution in [-0.4, -0.2) is 34.7 Å². The van der Waals surface area contributed by atoms with Crippen molar-refractivity contribution in [2.45, 2.75) is 0 Å². The highest BCUT2D eigenvalue weighted by Crippen LogP contribution is 2.46. The van der Waals surface area contributed by atoms with Crippen LogP contribution in [0.4, 0.5) is 0 Å². The quantitative estimate of drug-likeness (QED) is 0.163. The molecule has 7 aromatic carbocycles. The summed E-state index contributed by atoms with van der Waals surface area (Å²) in [6.07, 6.45) is 0. The van der Waals surface area contributed by atoms with Crippen molar-refractivity contribution in [2.24, 2.45) is 0 Å². The molecule has 0 amide bonds. The summed E-state index contributed by atoms with van der Waals surface area (Å²) in [6.45, 7) is 0. The Labute approximate surface area is 228 Å². The minimum absolute atomic E-state index is 0.320. The first-order valence-electron chi connectivity index (χ1n) is 13.0. The van der Waals surface area contributed by atoms with E-state index in [1.165, 1.54) is 4.57 Å². The lowest BCUT2D eigenvalue weighted by Crippen LogP contribution is -2.54. The van der Waals surface area contributed by atoms with Gasteiger partial charge in [0, 0.05) is 26.5 Å². The van der Waals surface area contributed by atoms with Crippen molar-refractivity contribution in [1.82, 2.24) is 4.57 Å². The molecule has 0 spiro atoms. The van der Waals surface area contributed by atoms with Crippen LogP contribution < -0.4 is 16.3 Å². The maximum Gasteiger partial charge on any atom is 0.536 e. The number of hydrogen-bond acceptors (Lipinski definition) is 5. The molecule has 0 bridgehead atoms. The van der Waals surface area contributed by atoms with Crippen molar-refractivity contribution in [3.63, 3.8) is 0 Å². The van der Waals surface area contributed by atoms with E-state index in [-0.39, 0.29) is 11.1 Å². The molecule has 40 heavy (non-hydrogen) atoms. The van der Waals surface area contributed by atoms with Crippen LogP contribution in [0.15, 0.2) is 94.5 Å². The molecule has 0 aliphatic carbocycles. The summed E-state index contributed by atoms with van der Waals surface area (Å²) in [5, 5.41) is 12.2. The van der Waals surface area contributed by atoms with Gasteiger partial charge >= 0.3 is 8.80 Å². The van der Waals surface area contributed by atoms with Crippen LogP contribution in [0.3, 0.4) is 0 Å². The zero-order valence-corrected chi connectivity index (χ0v) is 23.1. The Morgan fingerprint density at radius 3 is 1.43 bits per heavy atom. The van der Waals surface area contributed by atoms with Crippen LogP contribution in [0, 0.1) is 0 Å². The molecule has 7 heteroatoms. The maximum absolute atomic E-state index is 14.2. The molecule has 0 N–H and O–H groups in total. The second kappa shape index (κ2) is 8.06. The van der Waals surface area contributed by atoms with Gasteiger partial charge in [0.2, 0.25) is 0 Å². The first-order valence-corrected chi connectivity index (χ1v) is 14.8. The summed E-state index contributed by atoms with van der Waals surface area (Å²) in [7, 11) is 1.58. The van der Waals surface area contributed by atoms with Gasteiger partial charge in [-0.3, -0.25) is 9.59 Å². The minimum atomic E-state index is -3.06. The molecule has 0 fully saturated rings. The van der Waals surface area contributed by atoms with Gasteiger partial charge < -0.3 is 13.3 Å².